The van der Waals surface area contributed by atoms with Crippen molar-refractivity contribution < 1.29 is 0 Å². The van der Waals surface area contributed by atoms with E-state index < -0.39 is 0 Å². The fraction of sp³-hybridized carbons (Fsp3) is 0.250. The first-order valence-electron chi connectivity index (χ1n) is 3.05. The summed E-state index contributed by atoms with van der Waals surface area (Å²) in [5.41, 5.74) is 0. The Kier molecular flexibility index (Phi) is 2.65. The summed E-state index contributed by atoms with van der Waals surface area (Å²) in [6.07, 6.45) is 10.4. The molecule has 1 unspecified atom stereocenters. The zero-order chi connectivity index (χ0) is 6.53. The van der Waals surface area contributed by atoms with Crippen molar-refractivity contribution in [3.8, 4) is 0 Å². The lowest BCUT2D eigenvalue weighted by Crippen LogP contribution is -1.85. The SMILES string of the molecule is CC1\C=C/C=C\C=C/S1. The van der Waals surface area contributed by atoms with E-state index in [-0.39, 0.29) is 0 Å². The molecule has 0 radical (unpaired) electrons. The van der Waals surface area contributed by atoms with E-state index >= 15 is 0 Å². The molecule has 1 rings (SSSR count). The topological polar surface area (TPSA) is 0 Å². The highest BCUT2D eigenvalue weighted by Crippen LogP contribution is 2.14. The predicted octanol–water partition coefficient (Wildman–Crippen LogP) is 2.75. The number of thioether (sulfide) groups is 1. The van der Waals surface area contributed by atoms with Crippen molar-refractivity contribution in [1.82, 2.24) is 0 Å². The van der Waals surface area contributed by atoms with Gasteiger partial charge < -0.3 is 0 Å². The van der Waals surface area contributed by atoms with Crippen molar-refractivity contribution >= 4 is 11.8 Å². The second-order valence-corrected chi connectivity index (χ2v) is 3.23. The van der Waals surface area contributed by atoms with Crippen LogP contribution in [0.4, 0.5) is 0 Å². The van der Waals surface area contributed by atoms with E-state index in [0.717, 1.165) is 0 Å². The average Bonchev–Trinajstić information content (AvgIpc) is 1.79. The predicted molar refractivity (Wildman–Crippen MR) is 44.5 cm³/mol. The lowest BCUT2D eigenvalue weighted by molar-refractivity contribution is 1.25. The van der Waals surface area contributed by atoms with Gasteiger partial charge in [0.15, 0.2) is 0 Å². The maximum Gasteiger partial charge on any atom is 0.0243 e. The molecule has 0 aromatic carbocycles. The van der Waals surface area contributed by atoms with E-state index in [0.29, 0.717) is 5.25 Å². The fourth-order valence-corrected chi connectivity index (χ4v) is 1.22. The summed E-state index contributed by atoms with van der Waals surface area (Å²) in [5.74, 6) is 0. The molecule has 0 aromatic rings. The third-order valence-corrected chi connectivity index (χ3v) is 1.99. The summed E-state index contributed by atoms with van der Waals surface area (Å²) in [6.45, 7) is 2.19. The van der Waals surface area contributed by atoms with Crippen molar-refractivity contribution in [2.45, 2.75) is 12.2 Å². The minimum Gasteiger partial charge on any atom is -0.127 e. The molecule has 0 aliphatic carbocycles. The van der Waals surface area contributed by atoms with Crippen LogP contribution in [0.1, 0.15) is 6.92 Å². The second kappa shape index (κ2) is 3.57. The molecule has 1 atom stereocenters. The van der Waals surface area contributed by atoms with Crippen LogP contribution in [0.3, 0.4) is 0 Å². The van der Waals surface area contributed by atoms with Crippen molar-refractivity contribution in [2.24, 2.45) is 0 Å². The molecule has 0 aromatic heterocycles. The highest BCUT2D eigenvalue weighted by Gasteiger charge is 1.91. The summed E-state index contributed by atoms with van der Waals surface area (Å²) in [4.78, 5) is 0. The van der Waals surface area contributed by atoms with Gasteiger partial charge in [-0.3, -0.25) is 0 Å². The minimum absolute atomic E-state index is 0.617. The maximum absolute atomic E-state index is 2.19. The molecule has 1 aliphatic rings. The fourth-order valence-electron chi connectivity index (χ4n) is 0.609. The molecule has 1 aliphatic heterocycles. The minimum atomic E-state index is 0.617. The lowest BCUT2D eigenvalue weighted by atomic mass is 10.4. The second-order valence-electron chi connectivity index (χ2n) is 1.94. The van der Waals surface area contributed by atoms with Gasteiger partial charge in [0.25, 0.3) is 0 Å². The third kappa shape index (κ3) is 2.56. The first-order chi connectivity index (χ1) is 4.39. The number of hydrogen-bond acceptors (Lipinski definition) is 1. The van der Waals surface area contributed by atoms with Crippen molar-refractivity contribution in [2.75, 3.05) is 0 Å². The van der Waals surface area contributed by atoms with Gasteiger partial charge in [0, 0.05) is 5.25 Å². The van der Waals surface area contributed by atoms with Crippen molar-refractivity contribution in [3.05, 3.63) is 35.8 Å². The molecular weight excluding hydrogens is 128 g/mol. The Labute approximate surface area is 60.3 Å². The third-order valence-electron chi connectivity index (χ3n) is 1.09. The van der Waals surface area contributed by atoms with Crippen LogP contribution in [0.25, 0.3) is 0 Å². The standard InChI is InChI=1S/C8H10S/c1-8-6-4-2-3-5-7-9-8/h2-8H,1H3/b3-2-,6-4-,7-5-. The number of allylic oxidation sites excluding steroid dienone is 4. The zero-order valence-electron chi connectivity index (χ0n) is 5.45. The smallest absolute Gasteiger partial charge is 0.0243 e. The Morgan fingerprint density at radius 3 is 2.78 bits per heavy atom. The molecule has 0 amide bonds. The summed E-state index contributed by atoms with van der Waals surface area (Å²) < 4.78 is 0. The summed E-state index contributed by atoms with van der Waals surface area (Å²) in [5, 5.41) is 2.73. The Balaban J connectivity index is 2.59. The first kappa shape index (κ1) is 6.69. The summed E-state index contributed by atoms with van der Waals surface area (Å²) in [6, 6.07) is 0. The Hall–Kier alpha value is -0.430. The van der Waals surface area contributed by atoms with E-state index in [9.17, 15) is 0 Å². The van der Waals surface area contributed by atoms with E-state index in [1.54, 1.807) is 0 Å². The van der Waals surface area contributed by atoms with Gasteiger partial charge in [-0.15, -0.1) is 11.8 Å². The molecule has 0 nitrogen and oxygen atoms in total. The highest BCUT2D eigenvalue weighted by molar-refractivity contribution is 8.02. The molecule has 1 heteroatoms. The first-order valence-corrected chi connectivity index (χ1v) is 3.99. The molecule has 0 fully saturated rings. The number of rotatable bonds is 0. The Morgan fingerprint density at radius 2 is 1.89 bits per heavy atom. The molecule has 48 valence electrons. The monoisotopic (exact) mass is 138 g/mol. The van der Waals surface area contributed by atoms with Crippen LogP contribution in [-0.2, 0) is 0 Å². The normalized spacial score (nSPS) is 36.3. The highest BCUT2D eigenvalue weighted by atomic mass is 32.2. The molecule has 0 bridgehead atoms. The van der Waals surface area contributed by atoms with Crippen molar-refractivity contribution in [1.29, 1.82) is 0 Å². The van der Waals surface area contributed by atoms with E-state index in [1.165, 1.54) is 0 Å². The summed E-state index contributed by atoms with van der Waals surface area (Å²) in [7, 11) is 0. The summed E-state index contributed by atoms with van der Waals surface area (Å²) >= 11 is 1.83. The van der Waals surface area contributed by atoms with Gasteiger partial charge in [-0.1, -0.05) is 30.4 Å². The van der Waals surface area contributed by atoms with E-state index in [1.807, 2.05) is 23.9 Å². The van der Waals surface area contributed by atoms with Gasteiger partial charge in [-0.05, 0) is 12.3 Å². The Morgan fingerprint density at radius 1 is 1.11 bits per heavy atom. The molecule has 1 heterocycles. The van der Waals surface area contributed by atoms with E-state index in [2.05, 4.69) is 30.6 Å². The van der Waals surface area contributed by atoms with Gasteiger partial charge in [-0.2, -0.15) is 0 Å². The van der Waals surface area contributed by atoms with Crippen LogP contribution >= 0.6 is 11.8 Å². The van der Waals surface area contributed by atoms with Gasteiger partial charge >= 0.3 is 0 Å². The Bertz CT molecular complexity index is 154. The van der Waals surface area contributed by atoms with Crippen LogP contribution in [0, 0.1) is 0 Å². The molecular formula is C8H10S. The molecule has 0 saturated heterocycles. The van der Waals surface area contributed by atoms with E-state index in [4.69, 9.17) is 0 Å². The zero-order valence-corrected chi connectivity index (χ0v) is 6.27. The van der Waals surface area contributed by atoms with Crippen LogP contribution in [0.15, 0.2) is 35.8 Å². The van der Waals surface area contributed by atoms with Crippen LogP contribution in [-0.4, -0.2) is 5.25 Å². The largest absolute Gasteiger partial charge is 0.127 e. The van der Waals surface area contributed by atoms with Crippen LogP contribution in [0.2, 0.25) is 0 Å². The molecule has 9 heavy (non-hydrogen) atoms. The molecule has 0 spiro atoms. The van der Waals surface area contributed by atoms with Crippen LogP contribution in [0.5, 0.6) is 0 Å². The van der Waals surface area contributed by atoms with Gasteiger partial charge in [0.2, 0.25) is 0 Å². The van der Waals surface area contributed by atoms with Gasteiger partial charge in [-0.25, -0.2) is 0 Å². The quantitative estimate of drug-likeness (QED) is 0.496. The van der Waals surface area contributed by atoms with Gasteiger partial charge in [0.05, 0.1) is 0 Å². The lowest BCUT2D eigenvalue weighted by Gasteiger charge is -1.99. The average molecular weight is 138 g/mol. The van der Waals surface area contributed by atoms with Crippen LogP contribution < -0.4 is 0 Å². The molecule has 0 saturated carbocycles. The van der Waals surface area contributed by atoms with Crippen molar-refractivity contribution in [3.63, 3.8) is 0 Å². The molecule has 0 N–H and O–H groups in total. The number of hydrogen-bond donors (Lipinski definition) is 0. The maximum atomic E-state index is 2.19. The van der Waals surface area contributed by atoms with Gasteiger partial charge in [0.1, 0.15) is 0 Å².